The summed E-state index contributed by atoms with van der Waals surface area (Å²) in [6.45, 7) is 17.1. The molecule has 0 bridgehead atoms. The number of allylic oxidation sites excluding steroid dienone is 6. The minimum Gasteiger partial charge on any atom is -0.497 e. The summed E-state index contributed by atoms with van der Waals surface area (Å²) in [4.78, 5) is 46.7. The smallest absolute Gasteiger partial charge is 0.262 e. The minimum absolute atomic E-state index is 0.342. The third kappa shape index (κ3) is 16.5. The Morgan fingerprint density at radius 2 is 1.67 bits per heavy atom. The van der Waals surface area contributed by atoms with Crippen molar-refractivity contribution >= 4 is 23.6 Å². The molecular weight excluding hydrogens is 803 g/mol. The number of hydroxylamine groups is 1. The van der Waals surface area contributed by atoms with Crippen LogP contribution in [0.15, 0.2) is 125 Å². The molecule has 63 heavy (non-hydrogen) atoms. The predicted octanol–water partition coefficient (Wildman–Crippen LogP) is 6.30. The van der Waals surface area contributed by atoms with Crippen LogP contribution in [0.1, 0.15) is 80.2 Å². The molecule has 0 aromatic heterocycles. The number of carbonyl (C=O) groups is 3. The summed E-state index contributed by atoms with van der Waals surface area (Å²) in [6.07, 6.45) is 12.9. The van der Waals surface area contributed by atoms with Gasteiger partial charge < -0.3 is 35.3 Å². The van der Waals surface area contributed by atoms with Gasteiger partial charge in [0.2, 0.25) is 5.91 Å². The van der Waals surface area contributed by atoms with Crippen molar-refractivity contribution in [3.8, 4) is 11.8 Å². The number of likely N-dealkylation sites (N-methyl/N-ethyl adjacent to an activating group) is 1. The molecule has 0 radical (unpaired) electrons. The highest BCUT2D eigenvalue weighted by molar-refractivity contribution is 6.23. The van der Waals surface area contributed by atoms with E-state index in [1.807, 2.05) is 56.5 Å². The zero-order valence-electron chi connectivity index (χ0n) is 37.6. The molecule has 3 amide bonds. The number of hydrogen-bond donors (Lipinski definition) is 4. The van der Waals surface area contributed by atoms with Crippen LogP contribution < -0.4 is 26.6 Å². The second-order valence-electron chi connectivity index (χ2n) is 15.0. The van der Waals surface area contributed by atoms with Gasteiger partial charge in [0.25, 0.3) is 11.8 Å². The van der Waals surface area contributed by atoms with Crippen LogP contribution in [0.25, 0.3) is 0 Å². The first-order valence-corrected chi connectivity index (χ1v) is 20.8. The average molecular weight is 866 g/mol. The van der Waals surface area contributed by atoms with Crippen molar-refractivity contribution in [2.75, 3.05) is 60.3 Å². The molecule has 2 aliphatic rings. The zero-order chi connectivity index (χ0) is 46.2. The number of nitriles is 1. The molecular formula is C48H63N7O8. The Balaban J connectivity index is 0.000000454. The van der Waals surface area contributed by atoms with Gasteiger partial charge in [-0.3, -0.25) is 29.6 Å². The Bertz CT molecular complexity index is 2060. The maximum atomic E-state index is 12.2. The third-order valence-electron chi connectivity index (χ3n) is 9.71. The van der Waals surface area contributed by atoms with E-state index in [1.54, 1.807) is 44.5 Å². The van der Waals surface area contributed by atoms with Gasteiger partial charge in [-0.05, 0) is 87.7 Å². The topological polar surface area (TPSA) is 199 Å². The van der Waals surface area contributed by atoms with E-state index in [0.29, 0.717) is 86.4 Å². The van der Waals surface area contributed by atoms with Crippen molar-refractivity contribution < 1.29 is 38.2 Å². The van der Waals surface area contributed by atoms with Crippen LogP contribution in [0, 0.1) is 11.3 Å². The lowest BCUT2D eigenvalue weighted by atomic mass is 9.76. The first kappa shape index (κ1) is 51.0. The van der Waals surface area contributed by atoms with E-state index in [4.69, 9.17) is 29.5 Å². The number of carbonyl (C=O) groups excluding carboxylic acids is 3. The SMILES string of the molecule is C=C1CCC(N2C(=O)c3ccccc3C2=O)C(=O)N1.CC/C=C/C(=C\N=C(C)NOC)COc1ccc(C(C)(C)C(/C=C(\C)C#N)=C/C(N)=C/OCCOCCOCCNC)cc1. The molecule has 15 nitrogen and oxygen atoms in total. The summed E-state index contributed by atoms with van der Waals surface area (Å²) in [5.74, 6) is 0.233. The highest BCUT2D eigenvalue weighted by Gasteiger charge is 2.43. The second kappa shape index (κ2) is 26.9. The number of ether oxygens (including phenoxy) is 4. The Kier molecular flexibility index (Phi) is 21.8. The molecule has 2 aromatic carbocycles. The molecule has 4 rings (SSSR count). The largest absolute Gasteiger partial charge is 0.497 e. The van der Waals surface area contributed by atoms with E-state index >= 15 is 0 Å². The predicted molar refractivity (Wildman–Crippen MR) is 244 cm³/mol. The van der Waals surface area contributed by atoms with Gasteiger partial charge in [0, 0.05) is 35.0 Å². The quantitative estimate of drug-likeness (QED) is 0.0151. The summed E-state index contributed by atoms with van der Waals surface area (Å²) < 4.78 is 22.6. The maximum Gasteiger partial charge on any atom is 0.262 e. The fourth-order valence-electron chi connectivity index (χ4n) is 6.19. The molecule has 2 aromatic rings. The van der Waals surface area contributed by atoms with E-state index < -0.39 is 23.3 Å². The number of amidine groups is 1. The molecule has 338 valence electrons. The van der Waals surface area contributed by atoms with Crippen LogP contribution in [0.5, 0.6) is 5.75 Å². The minimum atomic E-state index is -0.738. The number of hydrogen-bond acceptors (Lipinski definition) is 12. The van der Waals surface area contributed by atoms with Crippen LogP contribution in [-0.4, -0.2) is 94.8 Å². The Morgan fingerprint density at radius 3 is 2.27 bits per heavy atom. The molecule has 0 saturated carbocycles. The van der Waals surface area contributed by atoms with Crippen LogP contribution in [-0.2, 0) is 29.3 Å². The molecule has 1 saturated heterocycles. The molecule has 15 heteroatoms. The van der Waals surface area contributed by atoms with Crippen molar-refractivity contribution in [3.05, 3.63) is 137 Å². The molecule has 1 unspecified atom stereocenters. The first-order valence-electron chi connectivity index (χ1n) is 20.8. The molecule has 1 fully saturated rings. The molecule has 2 aliphatic heterocycles. The normalized spacial score (nSPS) is 16.4. The lowest BCUT2D eigenvalue weighted by molar-refractivity contribution is -0.125. The summed E-state index contributed by atoms with van der Waals surface area (Å²) >= 11 is 0. The monoisotopic (exact) mass is 865 g/mol. The van der Waals surface area contributed by atoms with Crippen molar-refractivity contribution in [3.63, 3.8) is 0 Å². The van der Waals surface area contributed by atoms with Gasteiger partial charge in [-0.25, -0.2) is 4.99 Å². The number of nitrogens with zero attached hydrogens (tertiary/aromatic N) is 3. The summed E-state index contributed by atoms with van der Waals surface area (Å²) in [7, 11) is 3.42. The second-order valence-corrected chi connectivity index (χ2v) is 15.0. The van der Waals surface area contributed by atoms with E-state index in [1.165, 1.54) is 6.26 Å². The molecule has 2 heterocycles. The summed E-state index contributed by atoms with van der Waals surface area (Å²) in [5, 5.41) is 15.1. The first-order chi connectivity index (χ1) is 30.3. The average Bonchev–Trinajstić information content (AvgIpc) is 3.52. The Labute approximate surface area is 372 Å². The van der Waals surface area contributed by atoms with E-state index in [2.05, 4.69) is 60.6 Å². The van der Waals surface area contributed by atoms with Gasteiger partial charge in [0.15, 0.2) is 0 Å². The lowest BCUT2D eigenvalue weighted by Crippen LogP contribution is -2.51. The molecule has 5 N–H and O–H groups in total. The fourth-order valence-corrected chi connectivity index (χ4v) is 6.19. The fraction of sp³-hybridized carbons (Fsp3) is 0.396. The summed E-state index contributed by atoms with van der Waals surface area (Å²) in [5.41, 5.74) is 13.7. The Hall–Kier alpha value is -6.31. The number of imide groups is 1. The van der Waals surface area contributed by atoms with Gasteiger partial charge in [-0.2, -0.15) is 5.26 Å². The van der Waals surface area contributed by atoms with E-state index in [-0.39, 0.29) is 5.91 Å². The maximum absolute atomic E-state index is 12.2. The number of nitrogens with two attached hydrogens (primary N) is 1. The van der Waals surface area contributed by atoms with Crippen LogP contribution in [0.4, 0.5) is 0 Å². The van der Waals surface area contributed by atoms with E-state index in [0.717, 1.165) is 40.3 Å². The van der Waals surface area contributed by atoms with Crippen molar-refractivity contribution in [2.45, 2.75) is 65.3 Å². The standard InChI is InChI=1S/C34H51N5O5.C14H12N2O3/c1-8-9-10-29(24-38-28(3)39-40-7)25-44-33-13-11-30(12-14-33)34(4,5)31(21-27(2)23-35)22-32(36)26-43-20-19-42-18-17-41-16-15-37-6;1-8-6-7-11(12(17)15-8)16-13(18)9-4-2-3-5-10(9)14(16)19/h9-14,21-22,24,26,37H,8,15-20,25,36H2,1-7H3,(H,38,39);2-5,11H,1,6-7H2,(H,15,17)/b10-9+,27-21+,29-24+,31-22+,32-26-;. The number of amides is 3. The van der Waals surface area contributed by atoms with Crippen LogP contribution in [0.3, 0.4) is 0 Å². The van der Waals surface area contributed by atoms with Gasteiger partial charge in [0.1, 0.15) is 37.1 Å². The molecule has 0 aliphatic carbocycles. The van der Waals surface area contributed by atoms with Crippen molar-refractivity contribution in [1.29, 1.82) is 5.26 Å². The van der Waals surface area contributed by atoms with Gasteiger partial charge in [-0.1, -0.05) is 63.8 Å². The number of piperidine rings is 1. The van der Waals surface area contributed by atoms with Crippen LogP contribution in [0.2, 0.25) is 0 Å². The highest BCUT2D eigenvalue weighted by Crippen LogP contribution is 2.35. The van der Waals surface area contributed by atoms with Gasteiger partial charge >= 0.3 is 0 Å². The molecule has 1 atom stereocenters. The van der Waals surface area contributed by atoms with Gasteiger partial charge in [-0.15, -0.1) is 0 Å². The summed E-state index contributed by atoms with van der Waals surface area (Å²) in [6, 6.07) is 16.0. The number of benzene rings is 2. The number of aliphatic imine (C=N–C) groups is 1. The number of nitrogens with one attached hydrogen (secondary N) is 3. The Morgan fingerprint density at radius 1 is 1.02 bits per heavy atom. The zero-order valence-corrected chi connectivity index (χ0v) is 37.6. The van der Waals surface area contributed by atoms with Gasteiger partial charge in [0.05, 0.1) is 56.4 Å². The van der Waals surface area contributed by atoms with Crippen molar-refractivity contribution in [2.24, 2.45) is 10.7 Å². The highest BCUT2D eigenvalue weighted by atomic mass is 16.6. The van der Waals surface area contributed by atoms with Crippen LogP contribution >= 0.6 is 0 Å². The number of rotatable bonds is 22. The number of fused-ring (bicyclic) bond motifs is 1. The lowest BCUT2D eigenvalue weighted by Gasteiger charge is -2.29. The van der Waals surface area contributed by atoms with Crippen molar-refractivity contribution in [1.82, 2.24) is 21.0 Å². The third-order valence-corrected chi connectivity index (χ3v) is 9.71. The van der Waals surface area contributed by atoms with E-state index in [9.17, 15) is 19.6 Å². The molecule has 0 spiro atoms.